The first kappa shape index (κ1) is 23.6. The van der Waals surface area contributed by atoms with Gasteiger partial charge in [0.1, 0.15) is 12.3 Å². The highest BCUT2D eigenvalue weighted by Crippen LogP contribution is 2.37. The van der Waals surface area contributed by atoms with E-state index in [2.05, 4.69) is 0 Å². The Morgan fingerprint density at radius 3 is 2.64 bits per heavy atom. The van der Waals surface area contributed by atoms with Crippen LogP contribution in [0.4, 0.5) is 0 Å². The van der Waals surface area contributed by atoms with E-state index in [0.717, 1.165) is 22.9 Å². The number of nitrogens with zero attached hydrogens (tertiary/aromatic N) is 2. The lowest BCUT2D eigenvalue weighted by atomic mass is 9.98. The number of halogens is 1. The van der Waals surface area contributed by atoms with Gasteiger partial charge < -0.3 is 14.4 Å². The number of ether oxygens (including phenoxy) is 1. The molecule has 33 heavy (non-hydrogen) atoms. The van der Waals surface area contributed by atoms with Gasteiger partial charge in [0.15, 0.2) is 0 Å². The van der Waals surface area contributed by atoms with Crippen molar-refractivity contribution in [2.45, 2.75) is 50.2 Å². The number of carboxylic acid groups (broad SMARTS) is 1. The van der Waals surface area contributed by atoms with Crippen LogP contribution in [0.25, 0.3) is 10.9 Å². The molecule has 0 radical (unpaired) electrons. The van der Waals surface area contributed by atoms with E-state index in [9.17, 15) is 18.3 Å². The third-order valence-electron chi connectivity index (χ3n) is 6.14. The molecular formula is C24H27ClN2O5S. The number of fused-ring (bicyclic) bond motifs is 1. The van der Waals surface area contributed by atoms with Gasteiger partial charge in [-0.3, -0.25) is 4.79 Å². The highest BCUT2D eigenvalue weighted by atomic mass is 35.5. The van der Waals surface area contributed by atoms with E-state index in [1.807, 2.05) is 26.1 Å². The van der Waals surface area contributed by atoms with E-state index in [4.69, 9.17) is 16.3 Å². The average Bonchev–Trinajstić information content (AvgIpc) is 3.39. The predicted octanol–water partition coefficient (Wildman–Crippen LogP) is 4.73. The minimum atomic E-state index is -3.65. The van der Waals surface area contributed by atoms with Gasteiger partial charge in [0.05, 0.1) is 11.0 Å². The van der Waals surface area contributed by atoms with Crippen LogP contribution in [0.15, 0.2) is 53.6 Å². The first-order valence-corrected chi connectivity index (χ1v) is 12.8. The molecule has 1 saturated heterocycles. The summed E-state index contributed by atoms with van der Waals surface area (Å²) in [5.74, 6) is -0.348. The van der Waals surface area contributed by atoms with Crippen LogP contribution in [0, 0.1) is 0 Å². The molecule has 0 amide bonds. The van der Waals surface area contributed by atoms with Crippen LogP contribution in [0.2, 0.25) is 5.02 Å². The molecule has 7 nitrogen and oxygen atoms in total. The predicted molar refractivity (Wildman–Crippen MR) is 128 cm³/mol. The largest absolute Gasteiger partial charge is 0.491 e. The van der Waals surface area contributed by atoms with E-state index in [1.54, 1.807) is 41.0 Å². The zero-order valence-corrected chi connectivity index (χ0v) is 20.1. The summed E-state index contributed by atoms with van der Waals surface area (Å²) in [4.78, 5) is 11.5. The number of hydrogen-bond acceptors (Lipinski definition) is 4. The third kappa shape index (κ3) is 4.88. The Hall–Kier alpha value is -2.55. The second-order valence-electron chi connectivity index (χ2n) is 8.42. The fourth-order valence-corrected chi connectivity index (χ4v) is 5.93. The molecule has 1 aliphatic heterocycles. The van der Waals surface area contributed by atoms with Gasteiger partial charge in [-0.15, -0.1) is 0 Å². The summed E-state index contributed by atoms with van der Waals surface area (Å²) in [6, 6.07) is 11.9. The maximum atomic E-state index is 13.3. The molecule has 2 atom stereocenters. The Labute approximate surface area is 198 Å². The van der Waals surface area contributed by atoms with Crippen molar-refractivity contribution in [3.8, 4) is 5.75 Å². The van der Waals surface area contributed by atoms with Crippen LogP contribution in [0.3, 0.4) is 0 Å². The molecule has 3 aromatic rings. The van der Waals surface area contributed by atoms with Crippen LogP contribution in [0.5, 0.6) is 5.75 Å². The van der Waals surface area contributed by atoms with Crippen LogP contribution >= 0.6 is 11.6 Å². The minimum absolute atomic E-state index is 0.0520. The summed E-state index contributed by atoms with van der Waals surface area (Å²) < 4.78 is 35.4. The Morgan fingerprint density at radius 2 is 1.97 bits per heavy atom. The molecule has 1 N–H and O–H groups in total. The molecule has 176 valence electrons. The number of carbonyl (C=O) groups is 1. The van der Waals surface area contributed by atoms with Crippen molar-refractivity contribution < 1.29 is 23.1 Å². The minimum Gasteiger partial charge on any atom is -0.491 e. The summed E-state index contributed by atoms with van der Waals surface area (Å²) in [6.45, 7) is 4.55. The molecule has 0 spiro atoms. The number of aromatic nitrogens is 1. The SMILES string of the molecule is CC[C@@H](C)Oc1ccc(S(=O)(=O)N2CCC(c3cn(CC(=O)O)c4ccc(Cl)cc34)C2)cc1. The van der Waals surface area contributed by atoms with Gasteiger partial charge in [-0.1, -0.05) is 18.5 Å². The normalized spacial score (nSPS) is 18.0. The van der Waals surface area contributed by atoms with Gasteiger partial charge in [0.2, 0.25) is 10.0 Å². The molecule has 2 heterocycles. The van der Waals surface area contributed by atoms with Crippen molar-refractivity contribution in [1.82, 2.24) is 8.87 Å². The van der Waals surface area contributed by atoms with Crippen molar-refractivity contribution in [2.75, 3.05) is 13.1 Å². The number of aliphatic carboxylic acids is 1. The first-order chi connectivity index (χ1) is 15.7. The monoisotopic (exact) mass is 490 g/mol. The van der Waals surface area contributed by atoms with Gasteiger partial charge in [0, 0.05) is 41.1 Å². The Kier molecular flexibility index (Phi) is 6.70. The summed E-state index contributed by atoms with van der Waals surface area (Å²) in [6.07, 6.45) is 3.39. The molecular weight excluding hydrogens is 464 g/mol. The lowest BCUT2D eigenvalue weighted by Gasteiger charge is -2.17. The molecule has 1 aromatic heterocycles. The van der Waals surface area contributed by atoms with Crippen LogP contribution in [0.1, 0.15) is 38.2 Å². The molecule has 1 fully saturated rings. The Morgan fingerprint density at radius 1 is 1.24 bits per heavy atom. The van der Waals surface area contributed by atoms with Gasteiger partial charge in [-0.05, 0) is 67.8 Å². The highest BCUT2D eigenvalue weighted by molar-refractivity contribution is 7.89. The number of rotatable bonds is 8. The fourth-order valence-electron chi connectivity index (χ4n) is 4.25. The average molecular weight is 491 g/mol. The topological polar surface area (TPSA) is 88.8 Å². The standard InChI is InChI=1S/C24H27ClN2O5S/c1-3-16(2)32-19-5-7-20(8-6-19)33(30,31)27-11-10-17(13-27)22-14-26(15-24(28)29)23-9-4-18(25)12-21(22)23/h4-9,12,14,16-17H,3,10-11,13,15H2,1-2H3,(H,28,29)/t16-,17?/m1/s1. The van der Waals surface area contributed by atoms with Gasteiger partial charge in [0.25, 0.3) is 0 Å². The second-order valence-corrected chi connectivity index (χ2v) is 10.8. The van der Waals surface area contributed by atoms with E-state index in [0.29, 0.717) is 30.3 Å². The number of carboxylic acids is 1. The summed E-state index contributed by atoms with van der Waals surface area (Å²) in [5.41, 5.74) is 1.69. The first-order valence-electron chi connectivity index (χ1n) is 11.0. The highest BCUT2D eigenvalue weighted by Gasteiger charge is 2.34. The molecule has 0 aliphatic carbocycles. The van der Waals surface area contributed by atoms with E-state index >= 15 is 0 Å². The zero-order chi connectivity index (χ0) is 23.8. The molecule has 0 bridgehead atoms. The molecule has 1 aliphatic rings. The van der Waals surface area contributed by atoms with E-state index < -0.39 is 16.0 Å². The zero-order valence-electron chi connectivity index (χ0n) is 18.6. The van der Waals surface area contributed by atoms with Crippen LogP contribution < -0.4 is 4.74 Å². The second kappa shape index (κ2) is 9.37. The van der Waals surface area contributed by atoms with E-state index in [-0.39, 0.29) is 23.5 Å². The fraction of sp³-hybridized carbons (Fsp3) is 0.375. The van der Waals surface area contributed by atoms with Gasteiger partial charge >= 0.3 is 5.97 Å². The van der Waals surface area contributed by atoms with Crippen molar-refractivity contribution in [2.24, 2.45) is 0 Å². The van der Waals surface area contributed by atoms with E-state index in [1.165, 1.54) is 4.31 Å². The summed E-state index contributed by atoms with van der Waals surface area (Å²) in [5, 5.41) is 10.7. The lowest BCUT2D eigenvalue weighted by Crippen LogP contribution is -2.28. The summed E-state index contributed by atoms with van der Waals surface area (Å²) >= 11 is 6.20. The maximum absolute atomic E-state index is 13.3. The van der Waals surface area contributed by atoms with Crippen molar-refractivity contribution in [1.29, 1.82) is 0 Å². The Balaban J connectivity index is 1.57. The number of benzene rings is 2. The van der Waals surface area contributed by atoms with Crippen molar-refractivity contribution in [3.63, 3.8) is 0 Å². The molecule has 2 aromatic carbocycles. The molecule has 1 unspecified atom stereocenters. The quantitative estimate of drug-likeness (QED) is 0.493. The molecule has 0 saturated carbocycles. The maximum Gasteiger partial charge on any atom is 0.323 e. The lowest BCUT2D eigenvalue weighted by molar-refractivity contribution is -0.137. The van der Waals surface area contributed by atoms with Gasteiger partial charge in [-0.2, -0.15) is 4.31 Å². The van der Waals surface area contributed by atoms with Gasteiger partial charge in [-0.25, -0.2) is 8.42 Å². The summed E-state index contributed by atoms with van der Waals surface area (Å²) in [7, 11) is -3.65. The van der Waals surface area contributed by atoms with Crippen LogP contribution in [-0.4, -0.2) is 47.6 Å². The molecule has 4 rings (SSSR count). The smallest absolute Gasteiger partial charge is 0.323 e. The van der Waals surface area contributed by atoms with Crippen molar-refractivity contribution in [3.05, 3.63) is 59.2 Å². The van der Waals surface area contributed by atoms with Crippen LogP contribution in [-0.2, 0) is 21.4 Å². The van der Waals surface area contributed by atoms with Crippen molar-refractivity contribution >= 4 is 38.5 Å². The third-order valence-corrected chi connectivity index (χ3v) is 8.26. The number of sulfonamides is 1. The number of hydrogen-bond donors (Lipinski definition) is 1. The molecule has 9 heteroatoms. The Bertz CT molecular complexity index is 1270.